The standard InChI is InChI=1S/C14H25NO3/c1-10(2)9-11(3)18-13(16)7-8-15-14(17)12-5-4-6-12/h10-12H,4-9H2,1-3H3,(H,15,17)/t11-/m0/s1. The minimum atomic E-state index is -0.225. The molecule has 0 spiro atoms. The van der Waals surface area contributed by atoms with Gasteiger partial charge in [0.15, 0.2) is 0 Å². The van der Waals surface area contributed by atoms with E-state index in [4.69, 9.17) is 4.74 Å². The quantitative estimate of drug-likeness (QED) is 0.710. The molecular formula is C14H25NO3. The molecule has 0 bridgehead atoms. The Labute approximate surface area is 109 Å². The van der Waals surface area contributed by atoms with Gasteiger partial charge in [0.05, 0.1) is 12.5 Å². The molecule has 0 aliphatic heterocycles. The summed E-state index contributed by atoms with van der Waals surface area (Å²) in [4.78, 5) is 23.0. The molecule has 1 rings (SSSR count). The number of rotatable bonds is 7. The highest BCUT2D eigenvalue weighted by Crippen LogP contribution is 2.26. The summed E-state index contributed by atoms with van der Waals surface area (Å²) in [6, 6.07) is 0. The first kappa shape index (κ1) is 15.0. The second kappa shape index (κ2) is 7.39. The number of ether oxygens (including phenoxy) is 1. The summed E-state index contributed by atoms with van der Waals surface area (Å²) < 4.78 is 5.25. The Bertz CT molecular complexity index is 285. The lowest BCUT2D eigenvalue weighted by Gasteiger charge is -2.24. The predicted molar refractivity (Wildman–Crippen MR) is 70.0 cm³/mol. The summed E-state index contributed by atoms with van der Waals surface area (Å²) in [7, 11) is 0. The van der Waals surface area contributed by atoms with Gasteiger partial charge >= 0.3 is 5.97 Å². The van der Waals surface area contributed by atoms with E-state index in [2.05, 4.69) is 19.2 Å². The van der Waals surface area contributed by atoms with Crippen molar-refractivity contribution in [2.75, 3.05) is 6.54 Å². The van der Waals surface area contributed by atoms with Crippen LogP contribution in [0.15, 0.2) is 0 Å². The van der Waals surface area contributed by atoms with Gasteiger partial charge in [-0.15, -0.1) is 0 Å². The second-order valence-corrected chi connectivity index (χ2v) is 5.60. The summed E-state index contributed by atoms with van der Waals surface area (Å²) in [6.45, 7) is 6.50. The fraction of sp³-hybridized carbons (Fsp3) is 0.857. The lowest BCUT2D eigenvalue weighted by atomic mass is 9.85. The fourth-order valence-electron chi connectivity index (χ4n) is 2.10. The van der Waals surface area contributed by atoms with Gasteiger partial charge in [0.2, 0.25) is 5.91 Å². The van der Waals surface area contributed by atoms with E-state index in [-0.39, 0.29) is 30.3 Å². The van der Waals surface area contributed by atoms with E-state index in [9.17, 15) is 9.59 Å². The number of carbonyl (C=O) groups excluding carboxylic acids is 2. The Morgan fingerprint density at radius 2 is 1.94 bits per heavy atom. The molecule has 1 aliphatic rings. The highest BCUT2D eigenvalue weighted by Gasteiger charge is 2.24. The maximum Gasteiger partial charge on any atom is 0.307 e. The van der Waals surface area contributed by atoms with Crippen molar-refractivity contribution in [1.82, 2.24) is 5.32 Å². The van der Waals surface area contributed by atoms with Crippen LogP contribution in [-0.2, 0) is 14.3 Å². The average molecular weight is 255 g/mol. The van der Waals surface area contributed by atoms with Crippen molar-refractivity contribution >= 4 is 11.9 Å². The van der Waals surface area contributed by atoms with E-state index in [0.717, 1.165) is 25.7 Å². The third kappa shape index (κ3) is 5.52. The van der Waals surface area contributed by atoms with Gasteiger partial charge in [-0.2, -0.15) is 0 Å². The van der Waals surface area contributed by atoms with Crippen molar-refractivity contribution in [3.63, 3.8) is 0 Å². The van der Waals surface area contributed by atoms with Gasteiger partial charge in [-0.05, 0) is 32.1 Å². The van der Waals surface area contributed by atoms with Gasteiger partial charge < -0.3 is 10.1 Å². The Hall–Kier alpha value is -1.06. The minimum Gasteiger partial charge on any atom is -0.463 e. The van der Waals surface area contributed by atoms with Crippen LogP contribution >= 0.6 is 0 Å². The normalized spacial score (nSPS) is 17.1. The van der Waals surface area contributed by atoms with Crippen molar-refractivity contribution in [1.29, 1.82) is 0 Å². The average Bonchev–Trinajstić information content (AvgIpc) is 2.12. The summed E-state index contributed by atoms with van der Waals surface area (Å²) in [5.74, 6) is 0.563. The number of hydrogen-bond acceptors (Lipinski definition) is 3. The molecule has 4 nitrogen and oxygen atoms in total. The Kier molecular flexibility index (Phi) is 6.16. The zero-order valence-corrected chi connectivity index (χ0v) is 11.7. The van der Waals surface area contributed by atoms with Crippen molar-refractivity contribution in [2.45, 2.75) is 59.0 Å². The van der Waals surface area contributed by atoms with Crippen molar-refractivity contribution < 1.29 is 14.3 Å². The van der Waals surface area contributed by atoms with Crippen LogP contribution in [0, 0.1) is 11.8 Å². The molecule has 0 aromatic heterocycles. The lowest BCUT2D eigenvalue weighted by molar-refractivity contribution is -0.148. The Morgan fingerprint density at radius 1 is 1.28 bits per heavy atom. The van der Waals surface area contributed by atoms with E-state index >= 15 is 0 Å². The molecule has 0 aromatic carbocycles. The van der Waals surface area contributed by atoms with Crippen LogP contribution in [0.3, 0.4) is 0 Å². The van der Waals surface area contributed by atoms with Crippen molar-refractivity contribution in [2.24, 2.45) is 11.8 Å². The maximum absolute atomic E-state index is 11.5. The number of hydrogen-bond donors (Lipinski definition) is 1. The van der Waals surface area contributed by atoms with Crippen LogP contribution in [-0.4, -0.2) is 24.5 Å². The molecule has 18 heavy (non-hydrogen) atoms. The van der Waals surface area contributed by atoms with Gasteiger partial charge in [0, 0.05) is 12.5 Å². The predicted octanol–water partition coefficient (Wildman–Crippen LogP) is 2.27. The van der Waals surface area contributed by atoms with Gasteiger partial charge in [0.1, 0.15) is 0 Å². The van der Waals surface area contributed by atoms with Gasteiger partial charge in [-0.1, -0.05) is 20.3 Å². The first-order valence-electron chi connectivity index (χ1n) is 6.96. The van der Waals surface area contributed by atoms with Gasteiger partial charge in [-0.3, -0.25) is 9.59 Å². The molecule has 0 radical (unpaired) electrons. The van der Waals surface area contributed by atoms with E-state index in [1.807, 2.05) is 6.92 Å². The minimum absolute atomic E-state index is 0.0418. The second-order valence-electron chi connectivity index (χ2n) is 5.60. The SMILES string of the molecule is CC(C)C[C@H](C)OC(=O)CCNC(=O)C1CCC1. The molecule has 1 N–H and O–H groups in total. The number of nitrogens with one attached hydrogen (secondary N) is 1. The number of amides is 1. The molecule has 0 unspecified atom stereocenters. The fourth-order valence-corrected chi connectivity index (χ4v) is 2.10. The summed E-state index contributed by atoms with van der Waals surface area (Å²) in [5, 5.41) is 2.79. The first-order chi connectivity index (χ1) is 8.49. The van der Waals surface area contributed by atoms with E-state index in [1.165, 1.54) is 0 Å². The summed E-state index contributed by atoms with van der Waals surface area (Å²) in [5.41, 5.74) is 0. The van der Waals surface area contributed by atoms with Crippen molar-refractivity contribution in [3.8, 4) is 0 Å². The molecular weight excluding hydrogens is 230 g/mol. The third-order valence-electron chi connectivity index (χ3n) is 3.24. The topological polar surface area (TPSA) is 55.4 Å². The van der Waals surface area contributed by atoms with E-state index < -0.39 is 0 Å². The molecule has 0 saturated heterocycles. The molecule has 4 heteroatoms. The Morgan fingerprint density at radius 3 is 2.44 bits per heavy atom. The smallest absolute Gasteiger partial charge is 0.307 e. The van der Waals surface area contributed by atoms with E-state index in [1.54, 1.807) is 0 Å². The molecule has 1 atom stereocenters. The highest BCUT2D eigenvalue weighted by atomic mass is 16.5. The van der Waals surface area contributed by atoms with Crippen LogP contribution in [0.4, 0.5) is 0 Å². The largest absolute Gasteiger partial charge is 0.463 e. The molecule has 0 heterocycles. The molecule has 0 aromatic rings. The zero-order valence-electron chi connectivity index (χ0n) is 11.7. The van der Waals surface area contributed by atoms with Gasteiger partial charge in [-0.25, -0.2) is 0 Å². The third-order valence-corrected chi connectivity index (χ3v) is 3.24. The zero-order chi connectivity index (χ0) is 13.5. The molecule has 1 amide bonds. The summed E-state index contributed by atoms with van der Waals surface area (Å²) in [6.07, 6.45) is 4.22. The Balaban J connectivity index is 2.07. The lowest BCUT2D eigenvalue weighted by Crippen LogP contribution is -2.35. The van der Waals surface area contributed by atoms with Crippen LogP contribution < -0.4 is 5.32 Å². The van der Waals surface area contributed by atoms with Gasteiger partial charge in [0.25, 0.3) is 0 Å². The molecule has 1 saturated carbocycles. The number of esters is 1. The molecule has 1 fully saturated rings. The number of carbonyl (C=O) groups is 2. The highest BCUT2D eigenvalue weighted by molar-refractivity contribution is 5.80. The molecule has 104 valence electrons. The van der Waals surface area contributed by atoms with Crippen LogP contribution in [0.2, 0.25) is 0 Å². The van der Waals surface area contributed by atoms with Crippen LogP contribution in [0.1, 0.15) is 52.9 Å². The van der Waals surface area contributed by atoms with Crippen LogP contribution in [0.25, 0.3) is 0 Å². The monoisotopic (exact) mass is 255 g/mol. The van der Waals surface area contributed by atoms with Crippen LogP contribution in [0.5, 0.6) is 0 Å². The summed E-state index contributed by atoms with van der Waals surface area (Å²) >= 11 is 0. The van der Waals surface area contributed by atoms with E-state index in [0.29, 0.717) is 12.5 Å². The first-order valence-corrected chi connectivity index (χ1v) is 6.96. The molecule has 1 aliphatic carbocycles. The maximum atomic E-state index is 11.5. The van der Waals surface area contributed by atoms with Crippen molar-refractivity contribution in [3.05, 3.63) is 0 Å².